The fourth-order valence-corrected chi connectivity index (χ4v) is 3.73. The Balaban J connectivity index is 0.000000712. The van der Waals surface area contributed by atoms with Gasteiger partial charge in [0.1, 0.15) is 5.82 Å². The summed E-state index contributed by atoms with van der Waals surface area (Å²) in [4.78, 5) is 20.4. The van der Waals surface area contributed by atoms with Gasteiger partial charge in [-0.05, 0) is 47.2 Å². The van der Waals surface area contributed by atoms with E-state index in [9.17, 15) is 14.0 Å². The zero-order chi connectivity index (χ0) is 29.1. The van der Waals surface area contributed by atoms with E-state index in [-0.39, 0.29) is 24.3 Å². The summed E-state index contributed by atoms with van der Waals surface area (Å²) in [7, 11) is 0. The lowest BCUT2D eigenvalue weighted by Crippen LogP contribution is -2.21. The molecular weight excluding hydrogens is 509 g/mol. The molecular formula is C29H45ClFN3O4. The maximum absolute atomic E-state index is 13.4. The first-order valence-electron chi connectivity index (χ1n) is 12.9. The van der Waals surface area contributed by atoms with Crippen molar-refractivity contribution in [2.24, 2.45) is 5.41 Å². The van der Waals surface area contributed by atoms with Gasteiger partial charge in [-0.25, -0.2) is 4.39 Å². The summed E-state index contributed by atoms with van der Waals surface area (Å²) in [5, 5.41) is 26.0. The van der Waals surface area contributed by atoms with Gasteiger partial charge in [-0.2, -0.15) is 0 Å². The molecule has 2 amide bonds. The first-order valence-corrected chi connectivity index (χ1v) is 13.3. The number of hydrogen-bond donors (Lipinski definition) is 5. The summed E-state index contributed by atoms with van der Waals surface area (Å²) in [6, 6.07) is 12.3. The number of carbonyl (C=O) groups is 2. The third-order valence-corrected chi connectivity index (χ3v) is 5.27. The van der Waals surface area contributed by atoms with E-state index in [1.807, 2.05) is 38.1 Å². The number of anilines is 1. The number of amides is 2. The van der Waals surface area contributed by atoms with Gasteiger partial charge in [0.15, 0.2) is 0 Å². The van der Waals surface area contributed by atoms with Gasteiger partial charge in [-0.1, -0.05) is 71.3 Å². The van der Waals surface area contributed by atoms with Crippen molar-refractivity contribution in [1.29, 1.82) is 0 Å². The minimum Gasteiger partial charge on any atom is -0.394 e. The Bertz CT molecular complexity index is 934. The Labute approximate surface area is 232 Å². The molecule has 3 unspecified atom stereocenters. The molecule has 0 spiro atoms. The molecule has 1 aliphatic rings. The van der Waals surface area contributed by atoms with E-state index in [1.54, 1.807) is 6.07 Å². The van der Waals surface area contributed by atoms with Crippen LogP contribution >= 0.6 is 11.6 Å². The zero-order valence-corrected chi connectivity index (χ0v) is 24.2. The second-order valence-corrected chi connectivity index (χ2v) is 10.6. The summed E-state index contributed by atoms with van der Waals surface area (Å²) in [6.45, 7) is 14.5. The van der Waals surface area contributed by atoms with E-state index in [0.717, 1.165) is 24.2 Å². The largest absolute Gasteiger partial charge is 0.394 e. The van der Waals surface area contributed by atoms with Crippen molar-refractivity contribution >= 4 is 30.1 Å². The average Bonchev–Trinajstić information content (AvgIpc) is 3.35. The summed E-state index contributed by atoms with van der Waals surface area (Å²) < 4.78 is 13.4. The molecule has 1 heterocycles. The highest BCUT2D eigenvalue weighted by atomic mass is 35.5. The Morgan fingerprint density at radius 2 is 1.71 bits per heavy atom. The van der Waals surface area contributed by atoms with Crippen LogP contribution in [0.2, 0.25) is 5.02 Å². The molecule has 7 nitrogen and oxygen atoms in total. The first-order chi connectivity index (χ1) is 18.0. The molecule has 38 heavy (non-hydrogen) atoms. The van der Waals surface area contributed by atoms with E-state index in [2.05, 4.69) is 43.6 Å². The van der Waals surface area contributed by atoms with Gasteiger partial charge in [0.2, 0.25) is 12.8 Å². The topological polar surface area (TPSA) is 111 Å². The van der Waals surface area contributed by atoms with Crippen molar-refractivity contribution in [3.05, 3.63) is 64.4 Å². The van der Waals surface area contributed by atoms with Gasteiger partial charge in [0.25, 0.3) is 0 Å². The minimum absolute atomic E-state index is 0.154. The fraction of sp³-hybridized carbons (Fsp3) is 0.517. The van der Waals surface area contributed by atoms with Gasteiger partial charge in [0, 0.05) is 42.2 Å². The molecule has 0 radical (unpaired) electrons. The molecule has 0 aliphatic carbocycles. The molecule has 0 saturated carbocycles. The Hall–Kier alpha value is -2.52. The number of rotatable bonds is 9. The summed E-state index contributed by atoms with van der Waals surface area (Å²) in [5.74, 6) is 0.0243. The molecule has 1 fully saturated rings. The molecule has 5 N–H and O–H groups in total. The molecule has 2 aromatic carbocycles. The minimum atomic E-state index is -0.711. The van der Waals surface area contributed by atoms with Crippen molar-refractivity contribution in [1.82, 2.24) is 10.6 Å². The van der Waals surface area contributed by atoms with Crippen LogP contribution in [0.25, 0.3) is 0 Å². The van der Waals surface area contributed by atoms with Gasteiger partial charge in [-0.15, -0.1) is 0 Å². The summed E-state index contributed by atoms with van der Waals surface area (Å²) in [6.07, 6.45) is 0.825. The van der Waals surface area contributed by atoms with Crippen molar-refractivity contribution in [3.63, 3.8) is 0 Å². The number of aliphatic hydroxyl groups is 2. The number of nitrogens with one attached hydrogen (secondary N) is 3. The van der Waals surface area contributed by atoms with Crippen molar-refractivity contribution < 1.29 is 24.2 Å². The maximum Gasteiger partial charge on any atom is 0.211 e. The molecule has 3 atom stereocenters. The standard InChI is InChI=1S/C17H16ClFN2O.C5H11NO3.C5H12.C2H6/c18-12-3-1-2-11(6-12)15-8-20-9-16(15)14-5-4-13(19)7-17(14)21-10-22;7-3-5(9)1-2-6-4-8;1-5(2,3)4;1-2/h1-7,10,15-16,20H,8-9H2,(H,21,22);4-5,7,9H,1-3H2,(H,6,8);1-4H3;1-2H3. The van der Waals surface area contributed by atoms with Crippen LogP contribution in [0.4, 0.5) is 10.1 Å². The molecule has 9 heteroatoms. The third kappa shape index (κ3) is 15.0. The normalized spacial score (nSPS) is 16.8. The van der Waals surface area contributed by atoms with Crippen LogP contribution in [0.3, 0.4) is 0 Å². The number of carbonyl (C=O) groups excluding carboxylic acids is 2. The van der Waals surface area contributed by atoms with Crippen LogP contribution in [0.5, 0.6) is 0 Å². The molecule has 214 valence electrons. The van der Waals surface area contributed by atoms with Crippen molar-refractivity contribution in [3.8, 4) is 0 Å². The van der Waals surface area contributed by atoms with Crippen LogP contribution in [0, 0.1) is 11.2 Å². The van der Waals surface area contributed by atoms with Crippen LogP contribution in [-0.4, -0.2) is 55.4 Å². The number of benzene rings is 2. The second kappa shape index (κ2) is 19.5. The maximum atomic E-state index is 13.4. The molecule has 2 aromatic rings. The van der Waals surface area contributed by atoms with Crippen LogP contribution in [0.15, 0.2) is 42.5 Å². The van der Waals surface area contributed by atoms with Gasteiger partial charge >= 0.3 is 0 Å². The highest BCUT2D eigenvalue weighted by Crippen LogP contribution is 2.39. The van der Waals surface area contributed by atoms with Gasteiger partial charge in [-0.3, -0.25) is 9.59 Å². The Morgan fingerprint density at radius 1 is 1.08 bits per heavy atom. The molecule has 1 aliphatic heterocycles. The van der Waals surface area contributed by atoms with Gasteiger partial charge in [0.05, 0.1) is 12.7 Å². The lowest BCUT2D eigenvalue weighted by Gasteiger charge is -2.22. The Kier molecular flexibility index (Phi) is 18.2. The highest BCUT2D eigenvalue weighted by molar-refractivity contribution is 6.30. The van der Waals surface area contributed by atoms with E-state index in [4.69, 9.17) is 21.8 Å². The lowest BCUT2D eigenvalue weighted by molar-refractivity contribution is -0.109. The highest BCUT2D eigenvalue weighted by Gasteiger charge is 2.31. The predicted molar refractivity (Wildman–Crippen MR) is 154 cm³/mol. The van der Waals surface area contributed by atoms with Crippen molar-refractivity contribution in [2.75, 3.05) is 31.6 Å². The Morgan fingerprint density at radius 3 is 2.26 bits per heavy atom. The van der Waals surface area contributed by atoms with Crippen LogP contribution in [-0.2, 0) is 9.59 Å². The zero-order valence-electron chi connectivity index (χ0n) is 23.4. The first kappa shape index (κ1) is 35.5. The fourth-order valence-electron chi connectivity index (χ4n) is 3.53. The summed E-state index contributed by atoms with van der Waals surface area (Å²) >= 11 is 6.09. The number of aliphatic hydroxyl groups excluding tert-OH is 2. The quantitative estimate of drug-likeness (QED) is 0.220. The predicted octanol–water partition coefficient (Wildman–Crippen LogP) is 5.07. The number of halogens is 2. The second-order valence-electron chi connectivity index (χ2n) is 10.1. The third-order valence-electron chi connectivity index (χ3n) is 5.04. The van der Waals surface area contributed by atoms with Crippen molar-refractivity contribution in [2.45, 2.75) is 65.9 Å². The summed E-state index contributed by atoms with van der Waals surface area (Å²) in [5.41, 5.74) is 3.10. The van der Waals surface area contributed by atoms with E-state index >= 15 is 0 Å². The monoisotopic (exact) mass is 553 g/mol. The smallest absolute Gasteiger partial charge is 0.211 e. The van der Waals surface area contributed by atoms with E-state index in [1.165, 1.54) is 12.1 Å². The van der Waals surface area contributed by atoms with E-state index in [0.29, 0.717) is 41.9 Å². The van der Waals surface area contributed by atoms with Gasteiger partial charge < -0.3 is 26.2 Å². The van der Waals surface area contributed by atoms with Crippen LogP contribution in [0.1, 0.15) is 70.9 Å². The average molecular weight is 554 g/mol. The molecule has 0 aromatic heterocycles. The molecule has 1 saturated heterocycles. The molecule has 3 rings (SSSR count). The van der Waals surface area contributed by atoms with Crippen LogP contribution < -0.4 is 16.0 Å². The number of hydrogen-bond acceptors (Lipinski definition) is 5. The lowest BCUT2D eigenvalue weighted by atomic mass is 9.83. The molecule has 0 bridgehead atoms. The van der Waals surface area contributed by atoms with E-state index < -0.39 is 6.10 Å². The SMILES string of the molecule is CC.CC(C)(C)C.O=CNCCC(O)CO.O=CNc1cc(F)ccc1C1CNCC1c1cccc(Cl)c1.